The maximum Gasteiger partial charge on any atom is 0.254 e. The second-order valence-electron chi connectivity index (χ2n) is 10.3. The molecule has 0 aromatic carbocycles. The first-order valence-corrected chi connectivity index (χ1v) is 12.5. The standard InChI is InChI=1S/C22H34ClF3N4O4/c23-13-2-1-12(7-14(13)24)34-11-18(32)29-21-3-5-22(6-4-21,17(31)8-21)30-20(33)16-10-27-15(9-28-16)19(25)26/h12-17,19,27-28,31H,1-11H2,(H,29,32)(H,30,33)/t12?,13?,14?,15?,16?,17-,21?,22?/m0/s1. The zero-order valence-electron chi connectivity index (χ0n) is 19.0. The van der Waals surface area contributed by atoms with Gasteiger partial charge in [0.25, 0.3) is 6.43 Å². The molecule has 2 bridgehead atoms. The average Bonchev–Trinajstić information content (AvgIpc) is 2.81. The van der Waals surface area contributed by atoms with Crippen LogP contribution in [0.3, 0.4) is 0 Å². The number of aliphatic hydroxyl groups excluding tert-OH is 1. The molecule has 5 fully saturated rings. The number of nitrogens with one attached hydrogen (secondary N) is 4. The Kier molecular flexibility index (Phi) is 7.98. The summed E-state index contributed by atoms with van der Waals surface area (Å²) < 4.78 is 45.0. The van der Waals surface area contributed by atoms with E-state index in [-0.39, 0.29) is 44.0 Å². The maximum absolute atomic E-state index is 13.8. The Labute approximate surface area is 202 Å². The molecule has 1 aliphatic heterocycles. The van der Waals surface area contributed by atoms with E-state index >= 15 is 0 Å². The summed E-state index contributed by atoms with van der Waals surface area (Å²) >= 11 is 5.89. The lowest BCUT2D eigenvalue weighted by molar-refractivity contribution is -0.140. The van der Waals surface area contributed by atoms with Gasteiger partial charge in [0.2, 0.25) is 11.8 Å². The molecule has 5 aliphatic rings. The summed E-state index contributed by atoms with van der Waals surface area (Å²) in [5, 5.41) is 21.9. The van der Waals surface area contributed by atoms with Crippen molar-refractivity contribution in [1.82, 2.24) is 21.3 Å². The molecule has 12 heteroatoms. The highest BCUT2D eigenvalue weighted by Gasteiger charge is 2.55. The number of carbonyl (C=O) groups is 2. The second-order valence-corrected chi connectivity index (χ2v) is 10.8. The molecule has 6 atom stereocenters. The van der Waals surface area contributed by atoms with E-state index in [1.165, 1.54) is 0 Å². The van der Waals surface area contributed by atoms with Crippen molar-refractivity contribution in [3.63, 3.8) is 0 Å². The van der Waals surface area contributed by atoms with Crippen molar-refractivity contribution in [3.8, 4) is 0 Å². The third-order valence-corrected chi connectivity index (χ3v) is 8.47. The van der Waals surface area contributed by atoms with Crippen LogP contribution in [0, 0.1) is 0 Å². The van der Waals surface area contributed by atoms with Gasteiger partial charge in [-0.3, -0.25) is 9.59 Å². The fraction of sp³-hybridized carbons (Fsp3) is 0.909. The number of halogens is 4. The molecule has 0 radical (unpaired) electrons. The van der Waals surface area contributed by atoms with Gasteiger partial charge in [-0.2, -0.15) is 0 Å². The van der Waals surface area contributed by atoms with Crippen molar-refractivity contribution >= 4 is 23.4 Å². The second kappa shape index (κ2) is 10.5. The van der Waals surface area contributed by atoms with E-state index in [0.717, 1.165) is 0 Å². The summed E-state index contributed by atoms with van der Waals surface area (Å²) in [7, 11) is 0. The van der Waals surface area contributed by atoms with E-state index in [4.69, 9.17) is 16.3 Å². The molecule has 34 heavy (non-hydrogen) atoms. The van der Waals surface area contributed by atoms with E-state index in [1.807, 2.05) is 0 Å². The average molecular weight is 511 g/mol. The molecule has 5 rings (SSSR count). The van der Waals surface area contributed by atoms with Gasteiger partial charge in [-0.25, -0.2) is 13.2 Å². The van der Waals surface area contributed by atoms with Crippen LogP contribution in [0.2, 0.25) is 0 Å². The largest absolute Gasteiger partial charge is 0.391 e. The van der Waals surface area contributed by atoms with Crippen LogP contribution in [0.25, 0.3) is 0 Å². The van der Waals surface area contributed by atoms with Crippen LogP contribution in [0.15, 0.2) is 0 Å². The van der Waals surface area contributed by atoms with Crippen molar-refractivity contribution < 1.29 is 32.6 Å². The number of rotatable bonds is 7. The maximum atomic E-state index is 13.8. The smallest absolute Gasteiger partial charge is 0.254 e. The third kappa shape index (κ3) is 5.64. The highest BCUT2D eigenvalue weighted by atomic mass is 35.5. The Balaban J connectivity index is 1.24. The third-order valence-electron chi connectivity index (χ3n) is 7.98. The van der Waals surface area contributed by atoms with Gasteiger partial charge in [-0.05, 0) is 44.9 Å². The Bertz CT molecular complexity index is 748. The lowest BCUT2D eigenvalue weighted by Gasteiger charge is -2.56. The normalized spacial score (nSPS) is 42.4. The molecule has 5 N–H and O–H groups in total. The molecule has 8 nitrogen and oxygen atoms in total. The summed E-state index contributed by atoms with van der Waals surface area (Å²) in [5.41, 5.74) is -1.37. The van der Waals surface area contributed by atoms with Crippen molar-refractivity contribution in [2.75, 3.05) is 19.7 Å². The van der Waals surface area contributed by atoms with Crippen molar-refractivity contribution in [2.24, 2.45) is 0 Å². The zero-order valence-corrected chi connectivity index (χ0v) is 19.8. The minimum atomic E-state index is -2.51. The Hall–Kier alpha value is -1.14. The highest BCUT2D eigenvalue weighted by molar-refractivity contribution is 6.21. The number of alkyl halides is 4. The number of carbonyl (C=O) groups excluding carboxylic acids is 2. The molecule has 0 spiro atoms. The molecule has 4 aliphatic carbocycles. The van der Waals surface area contributed by atoms with Crippen LogP contribution in [0.5, 0.6) is 0 Å². The first-order chi connectivity index (χ1) is 16.1. The summed E-state index contributed by atoms with van der Waals surface area (Å²) in [6.45, 7) is -0.103. The minimum Gasteiger partial charge on any atom is -0.391 e. The highest BCUT2D eigenvalue weighted by Crippen LogP contribution is 2.47. The molecule has 5 unspecified atom stereocenters. The molecular formula is C22H34ClF3N4O4. The summed E-state index contributed by atoms with van der Waals surface area (Å²) in [4.78, 5) is 25.3. The van der Waals surface area contributed by atoms with E-state index in [1.54, 1.807) is 0 Å². The number of fused-ring (bicyclic) bond motifs is 3. The van der Waals surface area contributed by atoms with Gasteiger partial charge in [0.1, 0.15) is 12.8 Å². The lowest BCUT2D eigenvalue weighted by Crippen LogP contribution is -2.72. The number of amides is 2. The quantitative estimate of drug-likeness (QED) is 0.323. The minimum absolute atomic E-state index is 0.0121. The lowest BCUT2D eigenvalue weighted by atomic mass is 9.59. The summed E-state index contributed by atoms with van der Waals surface area (Å²) in [5.74, 6) is -0.635. The molecule has 2 amide bonds. The van der Waals surface area contributed by atoms with Crippen LogP contribution in [0.4, 0.5) is 13.2 Å². The fourth-order valence-corrected chi connectivity index (χ4v) is 5.99. The van der Waals surface area contributed by atoms with Gasteiger partial charge >= 0.3 is 0 Å². The van der Waals surface area contributed by atoms with Crippen molar-refractivity contribution in [2.45, 2.75) is 105 Å². The number of hydrogen-bond acceptors (Lipinski definition) is 6. The molecule has 0 aromatic rings. The fourth-order valence-electron chi connectivity index (χ4n) is 5.76. The number of hydrogen-bond donors (Lipinski definition) is 5. The van der Waals surface area contributed by atoms with E-state index < -0.39 is 47.2 Å². The monoisotopic (exact) mass is 510 g/mol. The van der Waals surface area contributed by atoms with E-state index in [2.05, 4.69) is 21.3 Å². The number of piperazine rings is 1. The topological polar surface area (TPSA) is 112 Å². The first-order valence-electron chi connectivity index (χ1n) is 12.1. The Morgan fingerprint density at radius 1 is 1.12 bits per heavy atom. The van der Waals surface area contributed by atoms with E-state index in [9.17, 15) is 27.9 Å². The first kappa shape index (κ1) is 25.9. The summed E-state index contributed by atoms with van der Waals surface area (Å²) in [6, 6.07) is -1.64. The SMILES string of the molecule is O=C(COC1CCC(Cl)C(F)C1)NC12CCC(NC(=O)C3CNC(C(F)F)CN3)(CC1)[C@@H](O)C2. The molecule has 1 saturated heterocycles. The van der Waals surface area contributed by atoms with Gasteiger partial charge in [-0.15, -0.1) is 11.6 Å². The van der Waals surface area contributed by atoms with Gasteiger partial charge in [-0.1, -0.05) is 0 Å². The van der Waals surface area contributed by atoms with E-state index in [0.29, 0.717) is 44.9 Å². The van der Waals surface area contributed by atoms with Crippen LogP contribution < -0.4 is 21.3 Å². The van der Waals surface area contributed by atoms with Crippen molar-refractivity contribution in [3.05, 3.63) is 0 Å². The van der Waals surface area contributed by atoms with Gasteiger partial charge in [0.15, 0.2) is 0 Å². The number of ether oxygens (including phenoxy) is 1. The zero-order chi connectivity index (χ0) is 24.5. The van der Waals surface area contributed by atoms with Gasteiger partial charge in [0, 0.05) is 25.0 Å². The van der Waals surface area contributed by atoms with Crippen LogP contribution in [-0.4, -0.2) is 90.0 Å². The van der Waals surface area contributed by atoms with Crippen molar-refractivity contribution in [1.29, 1.82) is 0 Å². The van der Waals surface area contributed by atoms with Crippen LogP contribution in [0.1, 0.15) is 51.4 Å². The molecule has 1 heterocycles. The van der Waals surface area contributed by atoms with Gasteiger partial charge in [0.05, 0.1) is 35.2 Å². The molecule has 0 aromatic heterocycles. The molecule has 194 valence electrons. The predicted molar refractivity (Wildman–Crippen MR) is 119 cm³/mol. The number of aliphatic hydroxyl groups is 1. The molecular weight excluding hydrogens is 477 g/mol. The van der Waals surface area contributed by atoms with Crippen LogP contribution in [-0.2, 0) is 14.3 Å². The Morgan fingerprint density at radius 2 is 1.85 bits per heavy atom. The predicted octanol–water partition coefficient (Wildman–Crippen LogP) is 0.745. The van der Waals surface area contributed by atoms with Crippen LogP contribution >= 0.6 is 11.6 Å². The van der Waals surface area contributed by atoms with Gasteiger partial charge < -0.3 is 31.1 Å². The molecule has 4 saturated carbocycles. The summed E-state index contributed by atoms with van der Waals surface area (Å²) in [6.07, 6.45) is -1.07. The Morgan fingerprint density at radius 3 is 2.44 bits per heavy atom.